The SMILES string of the molecule is O=C(c1ccccc1CSc1nnc(-c2ccncc2)n1-c1ccccc1F)N1CCN(c2ccccc2F)CC1. The standard InChI is InChI=1S/C31H26F2N6OS/c32-25-9-3-5-11-27(25)37-17-19-38(20-18-37)30(40)24-8-2-1-7-23(24)21-41-31-36-35-29(22-13-15-34-16-14-22)39(31)28-12-6-4-10-26(28)33/h1-16H,17-21H2. The number of thioether (sulfide) groups is 1. The summed E-state index contributed by atoms with van der Waals surface area (Å²) in [4.78, 5) is 21.4. The van der Waals surface area contributed by atoms with E-state index in [1.807, 2.05) is 40.1 Å². The fourth-order valence-electron chi connectivity index (χ4n) is 4.93. The van der Waals surface area contributed by atoms with Crippen LogP contribution in [0.1, 0.15) is 15.9 Å². The number of anilines is 1. The maximum absolute atomic E-state index is 15.0. The van der Waals surface area contributed by atoms with Gasteiger partial charge >= 0.3 is 0 Å². The first-order chi connectivity index (χ1) is 20.1. The van der Waals surface area contributed by atoms with Gasteiger partial charge in [-0.15, -0.1) is 10.2 Å². The smallest absolute Gasteiger partial charge is 0.254 e. The molecule has 7 nitrogen and oxygen atoms in total. The molecule has 0 spiro atoms. The molecule has 5 aromatic rings. The van der Waals surface area contributed by atoms with Crippen LogP contribution in [0.25, 0.3) is 17.1 Å². The summed E-state index contributed by atoms with van der Waals surface area (Å²) in [5.74, 6) is 0.207. The summed E-state index contributed by atoms with van der Waals surface area (Å²) in [6.07, 6.45) is 3.31. The van der Waals surface area contributed by atoms with Gasteiger partial charge in [0.05, 0.1) is 11.4 Å². The van der Waals surface area contributed by atoms with E-state index in [0.29, 0.717) is 59.9 Å². The average Bonchev–Trinajstić information content (AvgIpc) is 3.44. The van der Waals surface area contributed by atoms with Gasteiger partial charge in [0.25, 0.3) is 5.91 Å². The number of rotatable bonds is 7. The van der Waals surface area contributed by atoms with Gasteiger partial charge in [0.15, 0.2) is 11.0 Å². The normalized spacial score (nSPS) is 13.4. The zero-order chi connectivity index (χ0) is 28.2. The number of aromatic nitrogens is 4. The van der Waals surface area contributed by atoms with Crippen LogP contribution in [0.2, 0.25) is 0 Å². The first-order valence-electron chi connectivity index (χ1n) is 13.2. The molecule has 0 radical (unpaired) electrons. The second kappa shape index (κ2) is 11.9. The van der Waals surface area contributed by atoms with E-state index in [1.54, 1.807) is 59.4 Å². The molecule has 0 saturated carbocycles. The highest BCUT2D eigenvalue weighted by Gasteiger charge is 2.25. The highest BCUT2D eigenvalue weighted by molar-refractivity contribution is 7.98. The van der Waals surface area contributed by atoms with E-state index in [-0.39, 0.29) is 11.7 Å². The number of piperazine rings is 1. The van der Waals surface area contributed by atoms with Gasteiger partial charge in [0.2, 0.25) is 0 Å². The third kappa shape index (κ3) is 5.55. The van der Waals surface area contributed by atoms with Crippen molar-refractivity contribution in [1.29, 1.82) is 0 Å². The lowest BCUT2D eigenvalue weighted by Gasteiger charge is -2.36. The van der Waals surface area contributed by atoms with Crippen LogP contribution in [0.3, 0.4) is 0 Å². The maximum atomic E-state index is 15.0. The van der Waals surface area contributed by atoms with Crippen LogP contribution in [0.5, 0.6) is 0 Å². The van der Waals surface area contributed by atoms with E-state index in [9.17, 15) is 13.6 Å². The molecule has 0 atom stereocenters. The van der Waals surface area contributed by atoms with Crippen molar-refractivity contribution in [3.05, 3.63) is 120 Å². The number of para-hydroxylation sites is 2. The van der Waals surface area contributed by atoms with Crippen molar-refractivity contribution in [1.82, 2.24) is 24.6 Å². The molecule has 1 aliphatic heterocycles. The van der Waals surface area contributed by atoms with E-state index in [2.05, 4.69) is 15.2 Å². The molecule has 3 aromatic carbocycles. The molecule has 1 fully saturated rings. The van der Waals surface area contributed by atoms with Crippen molar-refractivity contribution in [2.24, 2.45) is 0 Å². The van der Waals surface area contributed by atoms with E-state index in [1.165, 1.54) is 23.9 Å². The number of benzene rings is 3. The minimum atomic E-state index is -0.394. The lowest BCUT2D eigenvalue weighted by atomic mass is 10.1. The van der Waals surface area contributed by atoms with Gasteiger partial charge in [0, 0.05) is 55.5 Å². The number of carbonyl (C=O) groups excluding carboxylic acids is 1. The molecular formula is C31H26F2N6OS. The summed E-state index contributed by atoms with van der Waals surface area (Å²) >= 11 is 1.38. The van der Waals surface area contributed by atoms with E-state index < -0.39 is 5.82 Å². The largest absolute Gasteiger partial charge is 0.366 e. The zero-order valence-corrected chi connectivity index (χ0v) is 22.8. The first kappa shape index (κ1) is 26.6. The first-order valence-corrected chi connectivity index (χ1v) is 14.2. The molecule has 1 amide bonds. The summed E-state index contributed by atoms with van der Waals surface area (Å²) < 4.78 is 30.9. The van der Waals surface area contributed by atoms with Crippen LogP contribution >= 0.6 is 11.8 Å². The number of pyridine rings is 1. The van der Waals surface area contributed by atoms with E-state index in [4.69, 9.17) is 0 Å². The van der Waals surface area contributed by atoms with Crippen LogP contribution < -0.4 is 4.90 Å². The van der Waals surface area contributed by atoms with E-state index in [0.717, 1.165) is 11.1 Å². The summed E-state index contributed by atoms with van der Waals surface area (Å²) in [6, 6.07) is 24.3. The van der Waals surface area contributed by atoms with Gasteiger partial charge in [0.1, 0.15) is 11.6 Å². The summed E-state index contributed by atoms with van der Waals surface area (Å²) in [5.41, 5.74) is 3.09. The van der Waals surface area contributed by atoms with E-state index >= 15 is 0 Å². The molecule has 0 N–H and O–H groups in total. The fraction of sp³-hybridized carbons (Fsp3) is 0.161. The third-order valence-corrected chi connectivity index (χ3v) is 8.01. The van der Waals surface area contributed by atoms with Crippen molar-refractivity contribution < 1.29 is 13.6 Å². The Balaban J connectivity index is 1.22. The van der Waals surface area contributed by atoms with Gasteiger partial charge < -0.3 is 9.80 Å². The van der Waals surface area contributed by atoms with Gasteiger partial charge in [-0.25, -0.2) is 8.78 Å². The molecule has 41 heavy (non-hydrogen) atoms. The fourth-order valence-corrected chi connectivity index (χ4v) is 5.88. The van der Waals surface area contributed by atoms with Crippen molar-refractivity contribution in [2.45, 2.75) is 10.9 Å². The van der Waals surface area contributed by atoms with Crippen LogP contribution in [0.4, 0.5) is 14.5 Å². The molecule has 6 rings (SSSR count). The molecule has 1 saturated heterocycles. The molecule has 0 aliphatic carbocycles. The number of hydrogen-bond donors (Lipinski definition) is 0. The number of amides is 1. The number of nitrogens with zero attached hydrogens (tertiary/aromatic N) is 6. The molecule has 206 valence electrons. The van der Waals surface area contributed by atoms with Crippen molar-refractivity contribution >= 4 is 23.4 Å². The second-order valence-electron chi connectivity index (χ2n) is 9.51. The Bertz CT molecular complexity index is 1670. The summed E-state index contributed by atoms with van der Waals surface area (Å²) in [7, 11) is 0. The monoisotopic (exact) mass is 568 g/mol. The summed E-state index contributed by atoms with van der Waals surface area (Å²) in [6.45, 7) is 2.08. The molecule has 3 heterocycles. The predicted molar refractivity (Wildman–Crippen MR) is 155 cm³/mol. The van der Waals surface area contributed by atoms with Gasteiger partial charge in [-0.05, 0) is 48.0 Å². The number of carbonyl (C=O) groups is 1. The average molecular weight is 569 g/mol. The van der Waals surface area contributed by atoms with Gasteiger partial charge in [-0.1, -0.05) is 54.2 Å². The molecule has 10 heteroatoms. The Hall–Kier alpha value is -4.57. The van der Waals surface area contributed by atoms with Crippen LogP contribution in [0.15, 0.2) is 102 Å². The Morgan fingerprint density at radius 2 is 1.39 bits per heavy atom. The maximum Gasteiger partial charge on any atom is 0.254 e. The Kier molecular flexibility index (Phi) is 7.73. The highest BCUT2D eigenvalue weighted by Crippen LogP contribution is 2.31. The van der Waals surface area contributed by atoms with Gasteiger partial charge in [-0.3, -0.25) is 14.3 Å². The molecule has 2 aromatic heterocycles. The Morgan fingerprint density at radius 1 is 0.756 bits per heavy atom. The van der Waals surface area contributed by atoms with Crippen molar-refractivity contribution in [3.63, 3.8) is 0 Å². The van der Waals surface area contributed by atoms with Crippen LogP contribution in [-0.4, -0.2) is 56.7 Å². The predicted octanol–water partition coefficient (Wildman–Crippen LogP) is 5.86. The summed E-state index contributed by atoms with van der Waals surface area (Å²) in [5, 5.41) is 9.27. The Labute approximate surface area is 240 Å². The minimum absolute atomic E-state index is 0.0672. The third-order valence-electron chi connectivity index (χ3n) is 7.03. The van der Waals surface area contributed by atoms with Crippen molar-refractivity contribution in [3.8, 4) is 17.1 Å². The molecule has 0 unspecified atom stereocenters. The van der Waals surface area contributed by atoms with Crippen LogP contribution in [0, 0.1) is 11.6 Å². The highest BCUT2D eigenvalue weighted by atomic mass is 32.2. The van der Waals surface area contributed by atoms with Crippen molar-refractivity contribution in [2.75, 3.05) is 31.1 Å². The topological polar surface area (TPSA) is 67.2 Å². The molecule has 0 bridgehead atoms. The van der Waals surface area contributed by atoms with Gasteiger partial charge in [-0.2, -0.15) is 0 Å². The quantitative estimate of drug-likeness (QED) is 0.229. The lowest BCUT2D eigenvalue weighted by molar-refractivity contribution is 0.0746. The number of hydrogen-bond acceptors (Lipinski definition) is 6. The second-order valence-corrected chi connectivity index (χ2v) is 10.4. The molecule has 1 aliphatic rings. The number of halogens is 2. The minimum Gasteiger partial charge on any atom is -0.366 e. The van der Waals surface area contributed by atoms with Crippen LogP contribution in [-0.2, 0) is 5.75 Å². The Morgan fingerprint density at radius 3 is 2.10 bits per heavy atom. The zero-order valence-electron chi connectivity index (χ0n) is 22.0. The molecular weight excluding hydrogens is 542 g/mol. The lowest BCUT2D eigenvalue weighted by Crippen LogP contribution is -2.49.